The van der Waals surface area contributed by atoms with Crippen LogP contribution in [0.25, 0.3) is 10.8 Å². The molecule has 1 aromatic heterocycles. The number of fused-ring (bicyclic) bond motifs is 1. The summed E-state index contributed by atoms with van der Waals surface area (Å²) < 4.78 is 6.06. The van der Waals surface area contributed by atoms with Gasteiger partial charge in [-0.2, -0.15) is 0 Å². The second-order valence-electron chi connectivity index (χ2n) is 5.35. The Morgan fingerprint density at radius 2 is 1.95 bits per heavy atom. The average molecular weight is 277 g/mol. The molecule has 0 amide bonds. The zero-order chi connectivity index (χ0) is 13.2. The van der Waals surface area contributed by atoms with Crippen molar-refractivity contribution in [2.24, 2.45) is 5.92 Å². The lowest BCUT2D eigenvalue weighted by molar-refractivity contribution is 0.124. The van der Waals surface area contributed by atoms with Crippen LogP contribution in [0.5, 0.6) is 5.88 Å². The summed E-state index contributed by atoms with van der Waals surface area (Å²) in [5.41, 5.74) is 0. The topological polar surface area (TPSA) is 35.0 Å². The minimum atomic E-state index is 0.252. The van der Waals surface area contributed by atoms with Gasteiger partial charge in [-0.1, -0.05) is 43.1 Å². The van der Waals surface area contributed by atoms with Gasteiger partial charge in [-0.25, -0.2) is 0 Å². The highest BCUT2D eigenvalue weighted by molar-refractivity contribution is 6.34. The lowest BCUT2D eigenvalue weighted by atomic mass is 9.89. The van der Waals surface area contributed by atoms with Crippen LogP contribution in [0.3, 0.4) is 0 Å². The first-order valence-corrected chi connectivity index (χ1v) is 7.19. The summed E-state index contributed by atoms with van der Waals surface area (Å²) in [7, 11) is 0. The van der Waals surface area contributed by atoms with Gasteiger partial charge in [-0.05, 0) is 31.2 Å². The number of nitrogens with zero attached hydrogens (tertiary/aromatic N) is 2. The van der Waals surface area contributed by atoms with E-state index in [9.17, 15) is 0 Å². The van der Waals surface area contributed by atoms with Gasteiger partial charge in [0.15, 0.2) is 5.15 Å². The third kappa shape index (κ3) is 2.66. The van der Waals surface area contributed by atoms with Crippen LogP contribution < -0.4 is 4.74 Å². The van der Waals surface area contributed by atoms with Gasteiger partial charge >= 0.3 is 0 Å². The molecular formula is C15H17ClN2O. The molecule has 1 heterocycles. The largest absolute Gasteiger partial charge is 0.473 e. The minimum absolute atomic E-state index is 0.252. The molecule has 0 bridgehead atoms. The van der Waals surface area contributed by atoms with Crippen LogP contribution in [-0.2, 0) is 0 Å². The number of rotatable bonds is 2. The van der Waals surface area contributed by atoms with E-state index in [1.807, 2.05) is 24.3 Å². The molecule has 4 heteroatoms. The SMILES string of the molecule is CC1CCCC(Oc2nnc(Cl)c3ccccc23)C1. The second-order valence-corrected chi connectivity index (χ2v) is 5.71. The fourth-order valence-corrected chi connectivity index (χ4v) is 2.98. The highest BCUT2D eigenvalue weighted by atomic mass is 35.5. The molecule has 1 saturated carbocycles. The molecule has 0 spiro atoms. The summed E-state index contributed by atoms with van der Waals surface area (Å²) >= 11 is 6.07. The Morgan fingerprint density at radius 1 is 1.16 bits per heavy atom. The Morgan fingerprint density at radius 3 is 2.74 bits per heavy atom. The van der Waals surface area contributed by atoms with Gasteiger partial charge in [0.1, 0.15) is 6.10 Å². The van der Waals surface area contributed by atoms with Crippen LogP contribution in [0.2, 0.25) is 5.15 Å². The maximum Gasteiger partial charge on any atom is 0.241 e. The van der Waals surface area contributed by atoms with E-state index in [4.69, 9.17) is 16.3 Å². The number of benzene rings is 1. The fourth-order valence-electron chi connectivity index (χ4n) is 2.78. The van der Waals surface area contributed by atoms with Crippen LogP contribution in [0, 0.1) is 5.92 Å². The molecule has 2 aromatic rings. The molecule has 3 rings (SSSR count). The molecule has 19 heavy (non-hydrogen) atoms. The number of hydrogen-bond acceptors (Lipinski definition) is 3. The maximum atomic E-state index is 6.07. The van der Waals surface area contributed by atoms with Crippen molar-refractivity contribution in [1.29, 1.82) is 0 Å². The average Bonchev–Trinajstić information content (AvgIpc) is 2.42. The summed E-state index contributed by atoms with van der Waals surface area (Å²) in [6, 6.07) is 7.85. The standard InChI is InChI=1S/C15H17ClN2O/c1-10-5-4-6-11(9-10)19-15-13-8-3-2-7-12(13)14(16)17-18-15/h2-3,7-8,10-11H,4-6,9H2,1H3. The van der Waals surface area contributed by atoms with Gasteiger partial charge in [0.05, 0.1) is 0 Å². The number of hydrogen-bond donors (Lipinski definition) is 0. The van der Waals surface area contributed by atoms with E-state index in [-0.39, 0.29) is 6.10 Å². The first kappa shape index (κ1) is 12.7. The third-order valence-electron chi connectivity index (χ3n) is 3.77. The lowest BCUT2D eigenvalue weighted by Gasteiger charge is -2.27. The van der Waals surface area contributed by atoms with Crippen LogP contribution in [0.1, 0.15) is 32.6 Å². The van der Waals surface area contributed by atoms with E-state index in [0.717, 1.165) is 29.5 Å². The fraction of sp³-hybridized carbons (Fsp3) is 0.467. The van der Waals surface area contributed by atoms with Crippen molar-refractivity contribution in [2.75, 3.05) is 0 Å². The maximum absolute atomic E-state index is 6.07. The van der Waals surface area contributed by atoms with Crippen LogP contribution in [0.15, 0.2) is 24.3 Å². The summed E-state index contributed by atoms with van der Waals surface area (Å²) in [6.45, 7) is 2.28. The van der Waals surface area contributed by atoms with Gasteiger partial charge in [-0.3, -0.25) is 0 Å². The van der Waals surface area contributed by atoms with Crippen molar-refractivity contribution in [1.82, 2.24) is 10.2 Å². The molecule has 0 saturated heterocycles. The Balaban J connectivity index is 1.90. The molecular weight excluding hydrogens is 260 g/mol. The van der Waals surface area contributed by atoms with Crippen LogP contribution in [0.4, 0.5) is 0 Å². The molecule has 2 atom stereocenters. The summed E-state index contributed by atoms with van der Waals surface area (Å²) in [5, 5.41) is 10.4. The van der Waals surface area contributed by atoms with E-state index in [0.29, 0.717) is 11.0 Å². The summed E-state index contributed by atoms with van der Waals surface area (Å²) in [6.07, 6.45) is 4.97. The molecule has 1 aromatic carbocycles. The number of aromatic nitrogens is 2. The molecule has 1 fully saturated rings. The Hall–Kier alpha value is -1.35. The molecule has 3 nitrogen and oxygen atoms in total. The van der Waals surface area contributed by atoms with Crippen molar-refractivity contribution in [2.45, 2.75) is 38.7 Å². The van der Waals surface area contributed by atoms with Crippen LogP contribution >= 0.6 is 11.6 Å². The molecule has 1 aliphatic carbocycles. The van der Waals surface area contributed by atoms with Gasteiger partial charge in [0, 0.05) is 10.8 Å². The minimum Gasteiger partial charge on any atom is -0.473 e. The van der Waals surface area contributed by atoms with Gasteiger partial charge < -0.3 is 4.74 Å². The van der Waals surface area contributed by atoms with Gasteiger partial charge in [0.2, 0.25) is 5.88 Å². The lowest BCUT2D eigenvalue weighted by Crippen LogP contribution is -2.24. The van der Waals surface area contributed by atoms with Crippen LogP contribution in [-0.4, -0.2) is 16.3 Å². The Labute approximate surface area is 117 Å². The zero-order valence-electron chi connectivity index (χ0n) is 11.0. The van der Waals surface area contributed by atoms with Crippen molar-refractivity contribution in [3.05, 3.63) is 29.4 Å². The molecule has 1 aliphatic rings. The van der Waals surface area contributed by atoms with Crippen molar-refractivity contribution >= 4 is 22.4 Å². The van der Waals surface area contributed by atoms with Crippen molar-refractivity contribution in [3.63, 3.8) is 0 Å². The zero-order valence-corrected chi connectivity index (χ0v) is 11.7. The van der Waals surface area contributed by atoms with E-state index < -0.39 is 0 Å². The Kier molecular flexibility index (Phi) is 3.56. The third-order valence-corrected chi connectivity index (χ3v) is 4.05. The smallest absolute Gasteiger partial charge is 0.241 e. The van der Waals surface area contributed by atoms with Crippen molar-refractivity contribution < 1.29 is 4.74 Å². The quantitative estimate of drug-likeness (QED) is 0.823. The first-order valence-electron chi connectivity index (χ1n) is 6.81. The van der Waals surface area contributed by atoms with E-state index in [2.05, 4.69) is 17.1 Å². The highest BCUT2D eigenvalue weighted by Crippen LogP contribution is 2.31. The van der Waals surface area contributed by atoms with E-state index in [1.165, 1.54) is 12.8 Å². The van der Waals surface area contributed by atoms with Gasteiger partial charge in [0.25, 0.3) is 0 Å². The molecule has 100 valence electrons. The molecule has 0 radical (unpaired) electrons. The van der Waals surface area contributed by atoms with Crippen molar-refractivity contribution in [3.8, 4) is 5.88 Å². The van der Waals surface area contributed by atoms with E-state index in [1.54, 1.807) is 0 Å². The summed E-state index contributed by atoms with van der Waals surface area (Å²) in [4.78, 5) is 0. The molecule has 0 N–H and O–H groups in total. The van der Waals surface area contributed by atoms with E-state index >= 15 is 0 Å². The predicted octanol–water partition coefficient (Wildman–Crippen LogP) is 4.24. The monoisotopic (exact) mass is 276 g/mol. The molecule has 2 unspecified atom stereocenters. The number of ether oxygens (including phenoxy) is 1. The second kappa shape index (κ2) is 5.33. The normalized spacial score (nSPS) is 23.5. The highest BCUT2D eigenvalue weighted by Gasteiger charge is 2.21. The molecule has 0 aliphatic heterocycles. The Bertz CT molecular complexity index is 587. The summed E-state index contributed by atoms with van der Waals surface area (Å²) in [5.74, 6) is 1.34. The predicted molar refractivity (Wildman–Crippen MR) is 76.6 cm³/mol. The number of halogens is 1. The van der Waals surface area contributed by atoms with Gasteiger partial charge in [-0.15, -0.1) is 10.2 Å². The first-order chi connectivity index (χ1) is 9.24.